The van der Waals surface area contributed by atoms with Crippen molar-refractivity contribution in [3.63, 3.8) is 0 Å². The average Bonchev–Trinajstić information content (AvgIpc) is 2.77. The van der Waals surface area contributed by atoms with E-state index in [1.54, 1.807) is 18.2 Å². The van der Waals surface area contributed by atoms with E-state index in [2.05, 4.69) is 5.48 Å². The van der Waals surface area contributed by atoms with Crippen LogP contribution in [0.4, 0.5) is 5.69 Å². The normalized spacial score (nSPS) is 26.3. The van der Waals surface area contributed by atoms with Crippen LogP contribution in [0, 0.1) is 0 Å². The number of carboxylic acid groups (broad SMARTS) is 1. The van der Waals surface area contributed by atoms with Gasteiger partial charge in [-0.25, -0.2) is 9.63 Å². The second-order valence-electron chi connectivity index (χ2n) is 4.16. The minimum absolute atomic E-state index is 0.0692. The van der Waals surface area contributed by atoms with Crippen LogP contribution in [0.5, 0.6) is 0 Å². The number of anilines is 1. The van der Waals surface area contributed by atoms with Crippen molar-refractivity contribution in [3.05, 3.63) is 29.8 Å². The van der Waals surface area contributed by atoms with Gasteiger partial charge in [0.05, 0.1) is 24.0 Å². The van der Waals surface area contributed by atoms with Crippen LogP contribution in [0.1, 0.15) is 16.8 Å². The first kappa shape index (κ1) is 13.8. The van der Waals surface area contributed by atoms with E-state index >= 15 is 0 Å². The summed E-state index contributed by atoms with van der Waals surface area (Å²) in [5, 5.41) is 27.4. The number of ether oxygens (including phenoxy) is 1. The van der Waals surface area contributed by atoms with Crippen molar-refractivity contribution in [2.24, 2.45) is 0 Å². The number of nitrogens with one attached hydrogen (secondary N) is 1. The van der Waals surface area contributed by atoms with Crippen LogP contribution in [-0.4, -0.2) is 46.4 Å². The van der Waals surface area contributed by atoms with Crippen molar-refractivity contribution in [2.75, 3.05) is 12.1 Å². The first-order valence-electron chi connectivity index (χ1n) is 5.80. The lowest BCUT2D eigenvalue weighted by Crippen LogP contribution is -2.24. The largest absolute Gasteiger partial charge is 0.478 e. The Morgan fingerprint density at radius 3 is 2.84 bits per heavy atom. The van der Waals surface area contributed by atoms with Crippen molar-refractivity contribution in [1.82, 2.24) is 0 Å². The summed E-state index contributed by atoms with van der Waals surface area (Å²) in [5.74, 6) is -1.08. The molecule has 0 saturated carbocycles. The molecule has 0 spiro atoms. The number of rotatable bonds is 5. The lowest BCUT2D eigenvalue weighted by atomic mass is 10.2. The lowest BCUT2D eigenvalue weighted by molar-refractivity contribution is -0.127. The van der Waals surface area contributed by atoms with E-state index in [4.69, 9.17) is 19.8 Å². The van der Waals surface area contributed by atoms with E-state index in [0.29, 0.717) is 5.69 Å². The fourth-order valence-corrected chi connectivity index (χ4v) is 1.82. The number of aromatic carboxylic acids is 1. The number of carbonyl (C=O) groups is 1. The molecule has 1 fully saturated rings. The van der Waals surface area contributed by atoms with Gasteiger partial charge in [-0.3, -0.25) is 5.48 Å². The van der Waals surface area contributed by atoms with E-state index in [1.165, 1.54) is 6.07 Å². The van der Waals surface area contributed by atoms with Crippen LogP contribution in [0.3, 0.4) is 0 Å². The molecule has 1 aromatic carbocycles. The second-order valence-corrected chi connectivity index (χ2v) is 4.16. The molecule has 1 unspecified atom stereocenters. The zero-order chi connectivity index (χ0) is 13.8. The molecule has 0 amide bonds. The summed E-state index contributed by atoms with van der Waals surface area (Å²) in [6, 6.07) is 6.26. The summed E-state index contributed by atoms with van der Waals surface area (Å²) >= 11 is 0. The first-order chi connectivity index (χ1) is 9.11. The topological polar surface area (TPSA) is 108 Å². The average molecular weight is 269 g/mol. The molecule has 19 heavy (non-hydrogen) atoms. The summed E-state index contributed by atoms with van der Waals surface area (Å²) in [6.45, 7) is -0.299. The molecule has 1 heterocycles. The Kier molecular flexibility index (Phi) is 4.33. The second kappa shape index (κ2) is 5.98. The van der Waals surface area contributed by atoms with Gasteiger partial charge in [-0.05, 0) is 12.1 Å². The van der Waals surface area contributed by atoms with Gasteiger partial charge in [0.25, 0.3) is 0 Å². The van der Waals surface area contributed by atoms with Crippen molar-refractivity contribution in [1.29, 1.82) is 0 Å². The number of carboxylic acids is 1. The lowest BCUT2D eigenvalue weighted by Gasteiger charge is -2.14. The zero-order valence-electron chi connectivity index (χ0n) is 10.0. The molecule has 7 heteroatoms. The van der Waals surface area contributed by atoms with Gasteiger partial charge in [-0.2, -0.15) is 0 Å². The summed E-state index contributed by atoms with van der Waals surface area (Å²) in [6.07, 6.45) is -2.02. The van der Waals surface area contributed by atoms with Crippen LogP contribution < -0.4 is 5.48 Å². The molecule has 1 aliphatic heterocycles. The SMILES string of the molecule is O=C(O)c1ccccc1NOC1C[C@H](O)[C@@H](CO)O1. The number of aliphatic hydroxyl groups is 2. The molecular formula is C12H15NO6. The quantitative estimate of drug-likeness (QED) is 0.565. The monoisotopic (exact) mass is 269 g/mol. The smallest absolute Gasteiger partial charge is 0.337 e. The van der Waals surface area contributed by atoms with Crippen LogP contribution in [-0.2, 0) is 9.57 Å². The van der Waals surface area contributed by atoms with Crippen LogP contribution in [0.2, 0.25) is 0 Å². The molecule has 3 atom stereocenters. The zero-order valence-corrected chi connectivity index (χ0v) is 10.0. The maximum absolute atomic E-state index is 11.0. The molecule has 0 aliphatic carbocycles. The van der Waals surface area contributed by atoms with E-state index < -0.39 is 24.5 Å². The summed E-state index contributed by atoms with van der Waals surface area (Å²) in [5.41, 5.74) is 2.86. The third-order valence-corrected chi connectivity index (χ3v) is 2.83. The molecule has 2 rings (SSSR count). The Bertz CT molecular complexity index is 452. The Balaban J connectivity index is 1.95. The van der Waals surface area contributed by atoms with Gasteiger partial charge in [0, 0.05) is 6.42 Å². The molecule has 1 aromatic rings. The fraction of sp³-hybridized carbons (Fsp3) is 0.417. The van der Waals surface area contributed by atoms with Crippen molar-refractivity contribution in [3.8, 4) is 0 Å². The van der Waals surface area contributed by atoms with Crippen LogP contribution in [0.25, 0.3) is 0 Å². The number of para-hydroxylation sites is 1. The third-order valence-electron chi connectivity index (χ3n) is 2.83. The summed E-state index contributed by atoms with van der Waals surface area (Å²) < 4.78 is 5.21. The highest BCUT2D eigenvalue weighted by atomic mass is 16.8. The molecular weight excluding hydrogens is 254 g/mol. The van der Waals surface area contributed by atoms with E-state index in [-0.39, 0.29) is 18.6 Å². The summed E-state index contributed by atoms with van der Waals surface area (Å²) in [4.78, 5) is 16.1. The Hall–Kier alpha value is -1.67. The fourth-order valence-electron chi connectivity index (χ4n) is 1.82. The Labute approximate surface area is 109 Å². The highest BCUT2D eigenvalue weighted by Gasteiger charge is 2.34. The molecule has 104 valence electrons. The number of hydrogen-bond donors (Lipinski definition) is 4. The summed E-state index contributed by atoms with van der Waals surface area (Å²) in [7, 11) is 0. The molecule has 0 aromatic heterocycles. The van der Waals surface area contributed by atoms with Gasteiger partial charge in [-0.15, -0.1) is 0 Å². The van der Waals surface area contributed by atoms with Crippen molar-refractivity contribution in [2.45, 2.75) is 24.9 Å². The predicted octanol–water partition coefficient (Wildman–Crippen LogP) is 0.196. The van der Waals surface area contributed by atoms with Gasteiger partial charge in [0.15, 0.2) is 6.29 Å². The van der Waals surface area contributed by atoms with Gasteiger partial charge in [-0.1, -0.05) is 12.1 Å². The maximum Gasteiger partial charge on any atom is 0.337 e. The molecule has 0 bridgehead atoms. The number of benzene rings is 1. The number of aliphatic hydroxyl groups excluding tert-OH is 2. The molecule has 0 radical (unpaired) electrons. The van der Waals surface area contributed by atoms with Gasteiger partial charge in [0.1, 0.15) is 6.10 Å². The minimum Gasteiger partial charge on any atom is -0.478 e. The van der Waals surface area contributed by atoms with Gasteiger partial charge in [0.2, 0.25) is 0 Å². The molecule has 4 N–H and O–H groups in total. The van der Waals surface area contributed by atoms with Crippen LogP contribution in [0.15, 0.2) is 24.3 Å². The predicted molar refractivity (Wildman–Crippen MR) is 64.5 cm³/mol. The first-order valence-corrected chi connectivity index (χ1v) is 5.80. The van der Waals surface area contributed by atoms with E-state index in [9.17, 15) is 9.90 Å². The standard InChI is InChI=1S/C12H15NO6/c14-6-10-9(15)5-11(18-10)19-13-8-4-2-1-3-7(8)12(16)17/h1-4,9-11,13-15H,5-6H2,(H,16,17)/t9-,10+,11?/m0/s1. The minimum atomic E-state index is -1.08. The highest BCUT2D eigenvalue weighted by molar-refractivity contribution is 5.93. The Morgan fingerprint density at radius 2 is 2.21 bits per heavy atom. The third kappa shape index (κ3) is 3.21. The van der Waals surface area contributed by atoms with E-state index in [1.807, 2.05) is 0 Å². The Morgan fingerprint density at radius 1 is 1.47 bits per heavy atom. The molecule has 1 aliphatic rings. The van der Waals surface area contributed by atoms with Crippen LogP contribution >= 0.6 is 0 Å². The molecule has 1 saturated heterocycles. The van der Waals surface area contributed by atoms with Gasteiger partial charge < -0.3 is 20.1 Å². The maximum atomic E-state index is 11.0. The highest BCUT2D eigenvalue weighted by Crippen LogP contribution is 2.22. The van der Waals surface area contributed by atoms with Gasteiger partial charge >= 0.3 is 5.97 Å². The van der Waals surface area contributed by atoms with E-state index in [0.717, 1.165) is 0 Å². The van der Waals surface area contributed by atoms with Crippen molar-refractivity contribution >= 4 is 11.7 Å². The molecule has 7 nitrogen and oxygen atoms in total. The number of hydrogen-bond acceptors (Lipinski definition) is 6. The van der Waals surface area contributed by atoms with Crippen molar-refractivity contribution < 1.29 is 29.7 Å².